The van der Waals surface area contributed by atoms with Crippen LogP contribution < -0.4 is 5.32 Å². The average molecular weight is 385 g/mol. The molecule has 1 aliphatic carbocycles. The molecule has 0 saturated heterocycles. The fraction of sp³-hybridized carbons (Fsp3) is 0.412. The van der Waals surface area contributed by atoms with Crippen LogP contribution >= 0.6 is 38.9 Å². The average Bonchev–Trinajstić information content (AvgIpc) is 2.83. The van der Waals surface area contributed by atoms with Crippen LogP contribution in [0.15, 0.2) is 34.1 Å². The van der Waals surface area contributed by atoms with E-state index in [-0.39, 0.29) is 0 Å². The van der Waals surface area contributed by atoms with Gasteiger partial charge >= 0.3 is 0 Å². The maximum atomic E-state index is 5.94. The van der Waals surface area contributed by atoms with Crippen molar-refractivity contribution in [1.29, 1.82) is 0 Å². The summed E-state index contributed by atoms with van der Waals surface area (Å²) in [5.41, 5.74) is 2.84. The smallest absolute Gasteiger partial charge is 0.0704 e. The molecule has 1 aliphatic rings. The second kappa shape index (κ2) is 6.82. The number of hydrogen-bond donors (Lipinski definition) is 1. The molecule has 4 heteroatoms. The number of nitrogens with one attached hydrogen (secondary N) is 1. The lowest BCUT2D eigenvalue weighted by molar-refractivity contribution is 0.409. The molecule has 0 radical (unpaired) electrons. The molecule has 1 aromatic heterocycles. The second-order valence-corrected chi connectivity index (χ2v) is 8.72. The van der Waals surface area contributed by atoms with E-state index in [1.54, 1.807) is 4.88 Å². The van der Waals surface area contributed by atoms with Crippen molar-refractivity contribution in [2.75, 3.05) is 0 Å². The Balaban J connectivity index is 1.65. The van der Waals surface area contributed by atoms with E-state index < -0.39 is 0 Å². The van der Waals surface area contributed by atoms with Crippen molar-refractivity contribution in [2.45, 2.75) is 44.7 Å². The molecule has 21 heavy (non-hydrogen) atoms. The van der Waals surface area contributed by atoms with E-state index in [0.29, 0.717) is 12.1 Å². The van der Waals surface area contributed by atoms with Gasteiger partial charge in [0.25, 0.3) is 0 Å². The zero-order valence-electron chi connectivity index (χ0n) is 12.0. The fourth-order valence-electron chi connectivity index (χ4n) is 3.07. The third-order valence-corrected chi connectivity index (χ3v) is 5.99. The molecule has 1 N–H and O–H groups in total. The highest BCUT2D eigenvalue weighted by Crippen LogP contribution is 2.38. The lowest BCUT2D eigenvalue weighted by Crippen LogP contribution is -2.33. The lowest BCUT2D eigenvalue weighted by atomic mass is 9.93. The van der Waals surface area contributed by atoms with Crippen LogP contribution in [-0.2, 0) is 12.8 Å². The summed E-state index contributed by atoms with van der Waals surface area (Å²) in [6.07, 6.45) is 4.79. The maximum absolute atomic E-state index is 5.94. The van der Waals surface area contributed by atoms with Crippen molar-refractivity contribution in [1.82, 2.24) is 5.32 Å². The zero-order valence-corrected chi connectivity index (χ0v) is 15.2. The molecule has 0 amide bonds. The Hall–Kier alpha value is -0.350. The summed E-state index contributed by atoms with van der Waals surface area (Å²) in [6, 6.07) is 11.4. The topological polar surface area (TPSA) is 12.0 Å². The fourth-order valence-corrected chi connectivity index (χ4v) is 5.02. The number of rotatable bonds is 4. The number of hydrogen-bond acceptors (Lipinski definition) is 2. The summed E-state index contributed by atoms with van der Waals surface area (Å²) < 4.78 is 1.26. The summed E-state index contributed by atoms with van der Waals surface area (Å²) in [5.74, 6) is 0. The Kier molecular flexibility index (Phi) is 5.05. The molecule has 1 heterocycles. The number of benzene rings is 1. The van der Waals surface area contributed by atoms with E-state index in [0.717, 1.165) is 11.4 Å². The van der Waals surface area contributed by atoms with Gasteiger partial charge in [0, 0.05) is 22.0 Å². The third-order valence-electron chi connectivity index (χ3n) is 4.02. The van der Waals surface area contributed by atoms with Gasteiger partial charge in [0.1, 0.15) is 0 Å². The molecule has 2 unspecified atom stereocenters. The quantitative estimate of drug-likeness (QED) is 0.706. The van der Waals surface area contributed by atoms with Gasteiger partial charge in [0.15, 0.2) is 0 Å². The largest absolute Gasteiger partial charge is 0.307 e. The first-order valence-corrected chi connectivity index (χ1v) is 9.39. The van der Waals surface area contributed by atoms with E-state index in [4.69, 9.17) is 11.6 Å². The SMILES string of the molecule is CC(Cc1ccc(Cl)cc1)NC1CCCc2sc(Br)cc21. The molecule has 0 saturated carbocycles. The summed E-state index contributed by atoms with van der Waals surface area (Å²) in [4.78, 5) is 1.55. The van der Waals surface area contributed by atoms with Crippen molar-refractivity contribution in [3.05, 3.63) is 55.1 Å². The molecule has 0 bridgehead atoms. The van der Waals surface area contributed by atoms with Gasteiger partial charge in [-0.05, 0) is 77.9 Å². The molecule has 2 atom stereocenters. The number of halogens is 2. The van der Waals surface area contributed by atoms with E-state index >= 15 is 0 Å². The highest BCUT2D eigenvalue weighted by Gasteiger charge is 2.23. The van der Waals surface area contributed by atoms with Crippen molar-refractivity contribution >= 4 is 38.9 Å². The Morgan fingerprint density at radius 1 is 1.38 bits per heavy atom. The van der Waals surface area contributed by atoms with Crippen LogP contribution in [0.2, 0.25) is 5.02 Å². The van der Waals surface area contributed by atoms with E-state index in [9.17, 15) is 0 Å². The standard InChI is InChI=1S/C17H19BrClNS/c1-11(9-12-5-7-13(19)8-6-12)20-15-3-2-4-16-14(15)10-17(18)21-16/h5-8,10-11,15,20H,2-4,9H2,1H3. The minimum absolute atomic E-state index is 0.459. The number of fused-ring (bicyclic) bond motifs is 1. The Morgan fingerprint density at radius 3 is 2.90 bits per heavy atom. The number of thiophene rings is 1. The predicted molar refractivity (Wildman–Crippen MR) is 95.5 cm³/mol. The van der Waals surface area contributed by atoms with Crippen molar-refractivity contribution in [2.24, 2.45) is 0 Å². The highest BCUT2D eigenvalue weighted by molar-refractivity contribution is 9.11. The molecule has 1 aromatic carbocycles. The summed E-state index contributed by atoms with van der Waals surface area (Å²) in [7, 11) is 0. The van der Waals surface area contributed by atoms with Gasteiger partial charge in [0.05, 0.1) is 3.79 Å². The first-order chi connectivity index (χ1) is 10.1. The molecule has 112 valence electrons. The Labute approximate surface area is 143 Å². The molecule has 1 nitrogen and oxygen atoms in total. The van der Waals surface area contributed by atoms with Crippen LogP contribution in [-0.4, -0.2) is 6.04 Å². The van der Waals surface area contributed by atoms with E-state index in [2.05, 4.69) is 46.4 Å². The summed E-state index contributed by atoms with van der Waals surface area (Å²) in [5, 5.41) is 4.61. The molecule has 2 aromatic rings. The van der Waals surface area contributed by atoms with Crippen LogP contribution in [0, 0.1) is 0 Å². The van der Waals surface area contributed by atoms with Crippen LogP contribution in [0.3, 0.4) is 0 Å². The van der Waals surface area contributed by atoms with Gasteiger partial charge in [-0.1, -0.05) is 23.7 Å². The van der Waals surface area contributed by atoms with Crippen molar-refractivity contribution in [3.63, 3.8) is 0 Å². The third kappa shape index (κ3) is 3.89. The van der Waals surface area contributed by atoms with Crippen LogP contribution in [0.5, 0.6) is 0 Å². The van der Waals surface area contributed by atoms with Gasteiger partial charge in [-0.25, -0.2) is 0 Å². The van der Waals surface area contributed by atoms with E-state index in [1.807, 2.05) is 23.5 Å². The first kappa shape index (κ1) is 15.5. The normalized spacial score (nSPS) is 19.3. The molecular formula is C17H19BrClNS. The highest BCUT2D eigenvalue weighted by atomic mass is 79.9. The summed E-state index contributed by atoms with van der Waals surface area (Å²) in [6.45, 7) is 2.27. The van der Waals surface area contributed by atoms with Gasteiger partial charge in [-0.3, -0.25) is 0 Å². The van der Waals surface area contributed by atoms with Gasteiger partial charge in [0.2, 0.25) is 0 Å². The van der Waals surface area contributed by atoms with Crippen molar-refractivity contribution in [3.8, 4) is 0 Å². The monoisotopic (exact) mass is 383 g/mol. The van der Waals surface area contributed by atoms with Crippen LogP contribution in [0.25, 0.3) is 0 Å². The van der Waals surface area contributed by atoms with Crippen molar-refractivity contribution < 1.29 is 0 Å². The molecule has 3 rings (SSSR count). The minimum atomic E-state index is 0.459. The molecule has 0 aliphatic heterocycles. The second-order valence-electron chi connectivity index (χ2n) is 5.77. The predicted octanol–water partition coefficient (Wildman–Crippen LogP) is 5.76. The maximum Gasteiger partial charge on any atom is 0.0704 e. The minimum Gasteiger partial charge on any atom is -0.307 e. The molecule has 0 spiro atoms. The van der Waals surface area contributed by atoms with Gasteiger partial charge in [-0.2, -0.15) is 0 Å². The van der Waals surface area contributed by atoms with Crippen LogP contribution in [0.4, 0.5) is 0 Å². The van der Waals surface area contributed by atoms with Gasteiger partial charge in [-0.15, -0.1) is 11.3 Å². The molecule has 0 fully saturated rings. The lowest BCUT2D eigenvalue weighted by Gasteiger charge is -2.27. The summed E-state index contributed by atoms with van der Waals surface area (Å²) >= 11 is 11.5. The Bertz CT molecular complexity index is 608. The molecular weight excluding hydrogens is 366 g/mol. The van der Waals surface area contributed by atoms with Gasteiger partial charge < -0.3 is 5.32 Å². The first-order valence-electron chi connectivity index (χ1n) is 7.40. The van der Waals surface area contributed by atoms with Crippen LogP contribution in [0.1, 0.15) is 41.8 Å². The Morgan fingerprint density at radius 2 is 2.14 bits per heavy atom. The van der Waals surface area contributed by atoms with E-state index in [1.165, 1.54) is 34.2 Å². The zero-order chi connectivity index (χ0) is 14.8. The number of aryl methyl sites for hydroxylation is 1.